The fourth-order valence-electron chi connectivity index (χ4n) is 1.75. The zero-order chi connectivity index (χ0) is 14.8. The van der Waals surface area contributed by atoms with Crippen molar-refractivity contribution in [1.29, 1.82) is 0 Å². The Balaban J connectivity index is 2.06. The molecule has 0 radical (unpaired) electrons. The van der Waals surface area contributed by atoms with E-state index >= 15 is 0 Å². The second-order valence-corrected chi connectivity index (χ2v) is 4.83. The van der Waals surface area contributed by atoms with E-state index in [9.17, 15) is 14.7 Å². The molecule has 2 amide bonds. The van der Waals surface area contributed by atoms with Crippen LogP contribution >= 0.6 is 0 Å². The summed E-state index contributed by atoms with van der Waals surface area (Å²) in [5.41, 5.74) is -0.148. The summed E-state index contributed by atoms with van der Waals surface area (Å²) in [5.74, 6) is -0.0520. The lowest BCUT2D eigenvalue weighted by Gasteiger charge is -2.20. The quantitative estimate of drug-likeness (QED) is 0.723. The minimum atomic E-state index is -1.25. The Hall–Kier alpha value is -2.34. The third-order valence-electron chi connectivity index (χ3n) is 2.86. The second kappa shape index (κ2) is 5.34. The summed E-state index contributed by atoms with van der Waals surface area (Å²) in [4.78, 5) is 22.9. The molecule has 1 aromatic rings. The molecule has 6 heteroatoms. The van der Waals surface area contributed by atoms with Crippen molar-refractivity contribution < 1.29 is 19.4 Å². The summed E-state index contributed by atoms with van der Waals surface area (Å²) in [5, 5.41) is 15.1. The SMILES string of the molecule is C=CC(C)(O)CC(=O)Nc1ccc2c(c1)OCC(=O)N2. The topological polar surface area (TPSA) is 87.7 Å². The maximum atomic E-state index is 11.8. The van der Waals surface area contributed by atoms with E-state index in [4.69, 9.17) is 4.74 Å². The molecule has 3 N–H and O–H groups in total. The van der Waals surface area contributed by atoms with Gasteiger partial charge in [0, 0.05) is 11.8 Å². The van der Waals surface area contributed by atoms with E-state index in [-0.39, 0.29) is 24.8 Å². The van der Waals surface area contributed by atoms with E-state index in [1.807, 2.05) is 0 Å². The first-order chi connectivity index (χ1) is 9.39. The van der Waals surface area contributed by atoms with E-state index in [0.29, 0.717) is 17.1 Å². The molecule has 2 rings (SSSR count). The molecule has 1 atom stereocenters. The highest BCUT2D eigenvalue weighted by molar-refractivity contribution is 5.97. The lowest BCUT2D eigenvalue weighted by Crippen LogP contribution is -2.28. The van der Waals surface area contributed by atoms with E-state index in [1.54, 1.807) is 18.2 Å². The highest BCUT2D eigenvalue weighted by Crippen LogP contribution is 2.30. The molecule has 1 aliphatic rings. The molecule has 1 heterocycles. The summed E-state index contributed by atoms with van der Waals surface area (Å²) < 4.78 is 5.25. The maximum absolute atomic E-state index is 11.8. The Morgan fingerprint density at radius 3 is 3.10 bits per heavy atom. The molecule has 106 valence electrons. The van der Waals surface area contributed by atoms with Crippen LogP contribution in [0.3, 0.4) is 0 Å². The van der Waals surface area contributed by atoms with Crippen molar-refractivity contribution in [2.45, 2.75) is 18.9 Å². The van der Waals surface area contributed by atoms with Crippen molar-refractivity contribution >= 4 is 23.2 Å². The van der Waals surface area contributed by atoms with E-state index < -0.39 is 5.60 Å². The van der Waals surface area contributed by atoms with E-state index in [1.165, 1.54) is 13.0 Å². The minimum Gasteiger partial charge on any atom is -0.482 e. The molecule has 20 heavy (non-hydrogen) atoms. The van der Waals surface area contributed by atoms with Gasteiger partial charge in [-0.1, -0.05) is 6.08 Å². The summed E-state index contributed by atoms with van der Waals surface area (Å²) in [7, 11) is 0. The molecule has 1 unspecified atom stereocenters. The van der Waals surface area contributed by atoms with Gasteiger partial charge in [0.1, 0.15) is 5.75 Å². The number of fused-ring (bicyclic) bond motifs is 1. The van der Waals surface area contributed by atoms with Crippen LogP contribution in [0.15, 0.2) is 30.9 Å². The maximum Gasteiger partial charge on any atom is 0.262 e. The smallest absolute Gasteiger partial charge is 0.262 e. The van der Waals surface area contributed by atoms with Crippen molar-refractivity contribution in [2.24, 2.45) is 0 Å². The summed E-state index contributed by atoms with van der Waals surface area (Å²) in [6.45, 7) is 4.93. The zero-order valence-electron chi connectivity index (χ0n) is 11.1. The molecule has 0 spiro atoms. The predicted molar refractivity (Wildman–Crippen MR) is 74.6 cm³/mol. The number of carbonyl (C=O) groups is 2. The largest absolute Gasteiger partial charge is 0.482 e. The van der Waals surface area contributed by atoms with Gasteiger partial charge in [0.15, 0.2) is 6.61 Å². The molecule has 0 bridgehead atoms. The van der Waals surface area contributed by atoms with E-state index in [2.05, 4.69) is 17.2 Å². The van der Waals surface area contributed by atoms with Gasteiger partial charge in [-0.3, -0.25) is 9.59 Å². The molecule has 0 saturated carbocycles. The lowest BCUT2D eigenvalue weighted by atomic mass is 10.0. The van der Waals surface area contributed by atoms with Gasteiger partial charge in [0.05, 0.1) is 17.7 Å². The number of aliphatic hydroxyl groups is 1. The third kappa shape index (κ3) is 3.36. The van der Waals surface area contributed by atoms with Crippen LogP contribution in [0.2, 0.25) is 0 Å². The number of ether oxygens (including phenoxy) is 1. The first-order valence-corrected chi connectivity index (χ1v) is 6.12. The normalized spacial score (nSPS) is 16.2. The van der Waals surface area contributed by atoms with Gasteiger partial charge in [-0.15, -0.1) is 6.58 Å². The van der Waals surface area contributed by atoms with Gasteiger partial charge < -0.3 is 20.5 Å². The van der Waals surface area contributed by atoms with Crippen LogP contribution in [0.25, 0.3) is 0 Å². The Labute approximate surface area is 116 Å². The van der Waals surface area contributed by atoms with Gasteiger partial charge in [-0.05, 0) is 19.1 Å². The third-order valence-corrected chi connectivity index (χ3v) is 2.86. The number of carbonyl (C=O) groups excluding carboxylic acids is 2. The van der Waals surface area contributed by atoms with Crippen LogP contribution in [0.5, 0.6) is 5.75 Å². The molecule has 0 aromatic heterocycles. The van der Waals surface area contributed by atoms with Crippen LogP contribution in [0, 0.1) is 0 Å². The molecule has 1 aliphatic heterocycles. The Bertz CT molecular complexity index is 566. The van der Waals surface area contributed by atoms with Crippen LogP contribution < -0.4 is 15.4 Å². The fourth-order valence-corrected chi connectivity index (χ4v) is 1.75. The first-order valence-electron chi connectivity index (χ1n) is 6.12. The van der Waals surface area contributed by atoms with Crippen molar-refractivity contribution in [3.63, 3.8) is 0 Å². The Morgan fingerprint density at radius 1 is 1.65 bits per heavy atom. The van der Waals surface area contributed by atoms with Crippen molar-refractivity contribution in [3.8, 4) is 5.75 Å². The number of nitrogens with one attached hydrogen (secondary N) is 2. The highest BCUT2D eigenvalue weighted by atomic mass is 16.5. The Kier molecular flexibility index (Phi) is 3.76. The number of benzene rings is 1. The molecule has 1 aromatic carbocycles. The predicted octanol–water partition coefficient (Wildman–Crippen LogP) is 1.28. The summed E-state index contributed by atoms with van der Waals surface area (Å²) in [6.07, 6.45) is 1.23. The average molecular weight is 276 g/mol. The first kappa shape index (κ1) is 14.1. The fraction of sp³-hybridized carbons (Fsp3) is 0.286. The number of hydrogen-bond acceptors (Lipinski definition) is 4. The van der Waals surface area contributed by atoms with Gasteiger partial charge in [0.25, 0.3) is 5.91 Å². The molecule has 0 aliphatic carbocycles. The van der Waals surface area contributed by atoms with Gasteiger partial charge >= 0.3 is 0 Å². The van der Waals surface area contributed by atoms with Crippen LogP contribution in [-0.2, 0) is 9.59 Å². The van der Waals surface area contributed by atoms with Gasteiger partial charge in [0.2, 0.25) is 5.91 Å². The van der Waals surface area contributed by atoms with Crippen molar-refractivity contribution in [2.75, 3.05) is 17.2 Å². The molecule has 0 fully saturated rings. The zero-order valence-corrected chi connectivity index (χ0v) is 11.1. The standard InChI is InChI=1S/C14H16N2O4/c1-3-14(2,19)7-12(17)15-9-4-5-10-11(6-9)20-8-13(18)16-10/h3-6,19H,1,7-8H2,2H3,(H,15,17)(H,16,18). The van der Waals surface area contributed by atoms with Crippen LogP contribution in [-0.4, -0.2) is 29.1 Å². The molecular formula is C14H16N2O4. The Morgan fingerprint density at radius 2 is 2.40 bits per heavy atom. The number of amides is 2. The summed E-state index contributed by atoms with van der Waals surface area (Å²) >= 11 is 0. The molecular weight excluding hydrogens is 260 g/mol. The van der Waals surface area contributed by atoms with Crippen molar-refractivity contribution in [3.05, 3.63) is 30.9 Å². The van der Waals surface area contributed by atoms with Gasteiger partial charge in [-0.2, -0.15) is 0 Å². The lowest BCUT2D eigenvalue weighted by molar-refractivity contribution is -0.119. The average Bonchev–Trinajstić information content (AvgIpc) is 2.38. The second-order valence-electron chi connectivity index (χ2n) is 4.83. The molecule has 6 nitrogen and oxygen atoms in total. The van der Waals surface area contributed by atoms with Crippen LogP contribution in [0.1, 0.15) is 13.3 Å². The van der Waals surface area contributed by atoms with Crippen LogP contribution in [0.4, 0.5) is 11.4 Å². The monoisotopic (exact) mass is 276 g/mol. The van der Waals surface area contributed by atoms with Crippen molar-refractivity contribution in [1.82, 2.24) is 0 Å². The number of hydrogen-bond donors (Lipinski definition) is 3. The van der Waals surface area contributed by atoms with Gasteiger partial charge in [-0.25, -0.2) is 0 Å². The summed E-state index contributed by atoms with van der Waals surface area (Å²) in [6, 6.07) is 4.91. The number of anilines is 2. The minimum absolute atomic E-state index is 0.0461. The molecule has 0 saturated heterocycles. The number of rotatable bonds is 4. The highest BCUT2D eigenvalue weighted by Gasteiger charge is 2.21. The van der Waals surface area contributed by atoms with E-state index in [0.717, 1.165) is 0 Å².